The average molecular weight is 206 g/mol. The molecular weight excluding hydrogens is 196 g/mol. The number of phenolic OH excluding ortho intramolecular Hbond substituents is 1. The van der Waals surface area contributed by atoms with Crippen LogP contribution in [0.1, 0.15) is 23.0 Å². The molecule has 0 aliphatic rings. The third-order valence-electron chi connectivity index (χ3n) is 2.24. The van der Waals surface area contributed by atoms with Gasteiger partial charge in [0.15, 0.2) is 11.3 Å². The number of furan rings is 1. The highest BCUT2D eigenvalue weighted by atomic mass is 16.4. The van der Waals surface area contributed by atoms with Crippen molar-refractivity contribution in [2.24, 2.45) is 0 Å². The summed E-state index contributed by atoms with van der Waals surface area (Å²) in [6.45, 7) is 1.92. The van der Waals surface area contributed by atoms with Gasteiger partial charge in [0.1, 0.15) is 5.76 Å². The van der Waals surface area contributed by atoms with E-state index in [-0.39, 0.29) is 11.3 Å². The van der Waals surface area contributed by atoms with Gasteiger partial charge in [-0.15, -0.1) is 0 Å². The van der Waals surface area contributed by atoms with Crippen molar-refractivity contribution in [2.75, 3.05) is 0 Å². The molecule has 0 spiro atoms. The molecular formula is C11H10O4. The van der Waals surface area contributed by atoms with Gasteiger partial charge in [-0.1, -0.05) is 6.92 Å². The molecule has 0 fully saturated rings. The number of hydrogen-bond acceptors (Lipinski definition) is 3. The highest BCUT2D eigenvalue weighted by molar-refractivity contribution is 5.95. The molecule has 0 saturated carbocycles. The molecule has 0 bridgehead atoms. The summed E-state index contributed by atoms with van der Waals surface area (Å²) in [5.41, 5.74) is 0.403. The van der Waals surface area contributed by atoms with Gasteiger partial charge in [0.2, 0.25) is 0 Å². The van der Waals surface area contributed by atoms with E-state index in [9.17, 15) is 9.90 Å². The van der Waals surface area contributed by atoms with E-state index in [1.807, 2.05) is 6.92 Å². The fourth-order valence-electron chi connectivity index (χ4n) is 1.49. The van der Waals surface area contributed by atoms with E-state index >= 15 is 0 Å². The first-order chi connectivity index (χ1) is 7.11. The number of fused-ring (bicyclic) bond motifs is 1. The Labute approximate surface area is 85.8 Å². The van der Waals surface area contributed by atoms with E-state index in [4.69, 9.17) is 9.52 Å². The first-order valence-electron chi connectivity index (χ1n) is 4.60. The van der Waals surface area contributed by atoms with Crippen LogP contribution in [0.5, 0.6) is 5.75 Å². The smallest absolute Gasteiger partial charge is 0.335 e. The van der Waals surface area contributed by atoms with Crippen molar-refractivity contribution >= 4 is 16.9 Å². The van der Waals surface area contributed by atoms with Crippen LogP contribution in [0.2, 0.25) is 0 Å². The SMILES string of the molecule is CCc1cc2cc(C(=O)O)cc(O)c2o1. The highest BCUT2D eigenvalue weighted by Crippen LogP contribution is 2.29. The van der Waals surface area contributed by atoms with Crippen molar-refractivity contribution in [3.63, 3.8) is 0 Å². The molecule has 1 heterocycles. The van der Waals surface area contributed by atoms with Crippen molar-refractivity contribution < 1.29 is 19.4 Å². The zero-order chi connectivity index (χ0) is 11.0. The number of aryl methyl sites for hydroxylation is 1. The minimum atomic E-state index is -1.06. The Balaban J connectivity index is 2.70. The molecule has 0 atom stereocenters. The van der Waals surface area contributed by atoms with Crippen LogP contribution in [0.25, 0.3) is 11.0 Å². The Kier molecular flexibility index (Phi) is 2.11. The third kappa shape index (κ3) is 1.54. The van der Waals surface area contributed by atoms with Crippen molar-refractivity contribution in [3.8, 4) is 5.75 Å². The number of carboxylic acids is 1. The van der Waals surface area contributed by atoms with Gasteiger partial charge in [-0.2, -0.15) is 0 Å². The lowest BCUT2D eigenvalue weighted by Crippen LogP contribution is -1.94. The number of hydrogen-bond donors (Lipinski definition) is 2. The topological polar surface area (TPSA) is 70.7 Å². The minimum Gasteiger partial charge on any atom is -0.504 e. The maximum atomic E-state index is 10.7. The Bertz CT molecular complexity index is 525. The Morgan fingerprint density at radius 2 is 2.13 bits per heavy atom. The molecule has 0 radical (unpaired) electrons. The van der Waals surface area contributed by atoms with Crippen LogP contribution in [0.3, 0.4) is 0 Å². The van der Waals surface area contributed by atoms with Gasteiger partial charge < -0.3 is 14.6 Å². The molecule has 0 amide bonds. The third-order valence-corrected chi connectivity index (χ3v) is 2.24. The number of aromatic carboxylic acids is 1. The van der Waals surface area contributed by atoms with E-state index < -0.39 is 5.97 Å². The molecule has 4 heteroatoms. The second kappa shape index (κ2) is 3.31. The number of benzene rings is 1. The van der Waals surface area contributed by atoms with Crippen molar-refractivity contribution in [3.05, 3.63) is 29.5 Å². The van der Waals surface area contributed by atoms with Crippen LogP contribution in [-0.4, -0.2) is 16.2 Å². The van der Waals surface area contributed by atoms with E-state index in [0.29, 0.717) is 17.4 Å². The van der Waals surface area contributed by atoms with Crippen LogP contribution >= 0.6 is 0 Å². The van der Waals surface area contributed by atoms with E-state index in [1.54, 1.807) is 6.07 Å². The Morgan fingerprint density at radius 3 is 2.73 bits per heavy atom. The number of rotatable bonds is 2. The molecule has 4 nitrogen and oxygen atoms in total. The largest absolute Gasteiger partial charge is 0.504 e. The quantitative estimate of drug-likeness (QED) is 0.791. The van der Waals surface area contributed by atoms with Crippen molar-refractivity contribution in [1.29, 1.82) is 0 Å². The van der Waals surface area contributed by atoms with Crippen LogP contribution in [0.15, 0.2) is 22.6 Å². The normalized spacial score (nSPS) is 10.7. The first-order valence-corrected chi connectivity index (χ1v) is 4.60. The van der Waals surface area contributed by atoms with Gasteiger partial charge in [0.05, 0.1) is 5.56 Å². The predicted octanol–water partition coefficient (Wildman–Crippen LogP) is 2.40. The molecule has 78 valence electrons. The van der Waals surface area contributed by atoms with Gasteiger partial charge in [-0.3, -0.25) is 0 Å². The summed E-state index contributed by atoms with van der Waals surface area (Å²) in [6.07, 6.45) is 0.705. The van der Waals surface area contributed by atoms with E-state index in [1.165, 1.54) is 12.1 Å². The fourth-order valence-corrected chi connectivity index (χ4v) is 1.49. The first kappa shape index (κ1) is 9.58. The van der Waals surface area contributed by atoms with Crippen LogP contribution in [0.4, 0.5) is 0 Å². The van der Waals surface area contributed by atoms with Crippen molar-refractivity contribution in [2.45, 2.75) is 13.3 Å². The van der Waals surface area contributed by atoms with Crippen LogP contribution in [0, 0.1) is 0 Å². The second-order valence-electron chi connectivity index (χ2n) is 3.29. The standard InChI is InChI=1S/C11H10O4/c1-2-8-4-6-3-7(11(13)14)5-9(12)10(6)15-8/h3-5,12H,2H2,1H3,(H,13,14). The van der Waals surface area contributed by atoms with Crippen LogP contribution < -0.4 is 0 Å². The number of phenols is 1. The predicted molar refractivity (Wildman–Crippen MR) is 54.2 cm³/mol. The zero-order valence-electron chi connectivity index (χ0n) is 8.15. The highest BCUT2D eigenvalue weighted by Gasteiger charge is 2.12. The lowest BCUT2D eigenvalue weighted by molar-refractivity contribution is 0.0696. The van der Waals surface area contributed by atoms with E-state index in [2.05, 4.69) is 0 Å². The second-order valence-corrected chi connectivity index (χ2v) is 3.29. The molecule has 2 rings (SSSR count). The molecule has 1 aromatic carbocycles. The summed E-state index contributed by atoms with van der Waals surface area (Å²) in [5.74, 6) is -0.473. The summed E-state index contributed by atoms with van der Waals surface area (Å²) in [6, 6.07) is 4.41. The molecule has 1 aromatic heterocycles. The summed E-state index contributed by atoms with van der Waals surface area (Å²) in [7, 11) is 0. The van der Waals surface area contributed by atoms with Gasteiger partial charge in [-0.25, -0.2) is 4.79 Å². The van der Waals surface area contributed by atoms with Crippen molar-refractivity contribution in [1.82, 2.24) is 0 Å². The summed E-state index contributed by atoms with van der Waals surface area (Å²) >= 11 is 0. The van der Waals surface area contributed by atoms with Gasteiger partial charge in [-0.05, 0) is 18.2 Å². The fraction of sp³-hybridized carbons (Fsp3) is 0.182. The average Bonchev–Trinajstić information content (AvgIpc) is 2.61. The zero-order valence-corrected chi connectivity index (χ0v) is 8.15. The molecule has 2 aromatic rings. The molecule has 15 heavy (non-hydrogen) atoms. The maximum absolute atomic E-state index is 10.7. The molecule has 0 unspecified atom stereocenters. The molecule has 0 saturated heterocycles. The van der Waals surface area contributed by atoms with Gasteiger partial charge in [0, 0.05) is 11.8 Å². The summed E-state index contributed by atoms with van der Waals surface area (Å²) in [4.78, 5) is 10.7. The number of carboxylic acid groups (broad SMARTS) is 1. The van der Waals surface area contributed by atoms with Gasteiger partial charge in [0.25, 0.3) is 0 Å². The van der Waals surface area contributed by atoms with Crippen LogP contribution in [-0.2, 0) is 6.42 Å². The molecule has 0 aliphatic heterocycles. The Morgan fingerprint density at radius 1 is 1.40 bits per heavy atom. The van der Waals surface area contributed by atoms with Gasteiger partial charge >= 0.3 is 5.97 Å². The lowest BCUT2D eigenvalue weighted by Gasteiger charge is -1.96. The maximum Gasteiger partial charge on any atom is 0.335 e. The van der Waals surface area contributed by atoms with E-state index in [0.717, 1.165) is 5.76 Å². The summed E-state index contributed by atoms with van der Waals surface area (Å²) in [5, 5.41) is 19.0. The monoisotopic (exact) mass is 206 g/mol. The Hall–Kier alpha value is -1.97. The molecule has 2 N–H and O–H groups in total. The number of carbonyl (C=O) groups is 1. The summed E-state index contributed by atoms with van der Waals surface area (Å²) < 4.78 is 5.34. The minimum absolute atomic E-state index is 0.0588. The molecule has 0 aliphatic carbocycles. The lowest BCUT2D eigenvalue weighted by atomic mass is 10.1. The number of aromatic hydroxyl groups is 1.